The first-order chi connectivity index (χ1) is 22.3. The van der Waals surface area contributed by atoms with Crippen LogP contribution in [0.4, 0.5) is 11.4 Å². The van der Waals surface area contributed by atoms with Crippen LogP contribution in [0.15, 0.2) is 48.0 Å². The molecule has 5 heteroatoms. The largest absolute Gasteiger partial charge is 0.497 e. The fraction of sp³-hybridized carbons (Fsp3) is 0.561. The Morgan fingerprint density at radius 1 is 1.07 bits per heavy atom. The van der Waals surface area contributed by atoms with Crippen molar-refractivity contribution in [3.05, 3.63) is 70.5 Å². The van der Waals surface area contributed by atoms with Gasteiger partial charge in [0.05, 0.1) is 23.7 Å². The third-order valence-electron chi connectivity index (χ3n) is 8.66. The zero-order valence-corrected chi connectivity index (χ0v) is 30.6. The number of ether oxygens (including phenoxy) is 1. The number of nitrogens with zero attached hydrogens (tertiary/aromatic N) is 2. The third kappa shape index (κ3) is 10.2. The number of hydrogen-bond donors (Lipinski definition) is 1. The molecule has 0 spiro atoms. The molecule has 1 aliphatic carbocycles. The van der Waals surface area contributed by atoms with Crippen LogP contribution < -0.4 is 10.2 Å². The average Bonchev–Trinajstić information content (AvgIpc) is 3.66. The minimum absolute atomic E-state index is 0.190. The highest BCUT2D eigenvalue weighted by Crippen LogP contribution is 2.42. The number of fused-ring (bicyclic) bond motifs is 7. The van der Waals surface area contributed by atoms with Gasteiger partial charge in [-0.2, -0.15) is 0 Å². The molecule has 4 bridgehead atoms. The number of carbonyl (C=O) groups excluding carboxylic acids is 1. The van der Waals surface area contributed by atoms with Gasteiger partial charge in [-0.3, -0.25) is 9.78 Å². The van der Waals surface area contributed by atoms with Crippen molar-refractivity contribution in [2.45, 2.75) is 127 Å². The number of nitrogens with one attached hydrogen (secondary N) is 1. The summed E-state index contributed by atoms with van der Waals surface area (Å²) in [5.74, 6) is 6.34. The number of pyridine rings is 1. The first-order valence-electron chi connectivity index (χ1n) is 17.9. The predicted octanol–water partition coefficient (Wildman–Crippen LogP) is 11.3. The molecule has 1 fully saturated rings. The molecule has 0 saturated heterocycles. The molecule has 3 aliphatic rings. The van der Waals surface area contributed by atoms with Crippen molar-refractivity contribution in [3.8, 4) is 12.3 Å². The molecule has 1 saturated carbocycles. The van der Waals surface area contributed by atoms with Crippen LogP contribution in [0.3, 0.4) is 0 Å². The van der Waals surface area contributed by atoms with E-state index in [1.165, 1.54) is 42.0 Å². The van der Waals surface area contributed by atoms with Crippen LogP contribution >= 0.6 is 0 Å². The molecule has 5 nitrogen and oxygen atoms in total. The van der Waals surface area contributed by atoms with Crippen LogP contribution in [0.25, 0.3) is 5.57 Å². The van der Waals surface area contributed by atoms with Crippen LogP contribution in [-0.2, 0) is 4.74 Å². The minimum atomic E-state index is 0.190. The second kappa shape index (κ2) is 19.9. The highest BCUT2D eigenvalue weighted by Gasteiger charge is 2.32. The highest BCUT2D eigenvalue weighted by atomic mass is 16.5. The van der Waals surface area contributed by atoms with Crippen molar-refractivity contribution in [2.75, 3.05) is 23.4 Å². The lowest BCUT2D eigenvalue weighted by molar-refractivity contribution is 0.0980. The van der Waals surface area contributed by atoms with E-state index in [4.69, 9.17) is 9.72 Å². The molecule has 1 N–H and O–H groups in total. The van der Waals surface area contributed by atoms with E-state index in [-0.39, 0.29) is 5.78 Å². The Morgan fingerprint density at radius 2 is 1.76 bits per heavy atom. The van der Waals surface area contributed by atoms with Gasteiger partial charge < -0.3 is 15.0 Å². The average molecular weight is 628 g/mol. The van der Waals surface area contributed by atoms with Gasteiger partial charge in [0.25, 0.3) is 0 Å². The number of Topliss-reactive ketones (excluding diaryl/α,β-unsaturated/α-hetero) is 1. The maximum Gasteiger partial charge on any atom is 0.163 e. The number of allylic oxidation sites excluding steroid dienone is 3. The molecule has 2 aromatic rings. The van der Waals surface area contributed by atoms with Gasteiger partial charge in [0.15, 0.2) is 5.78 Å². The first kappa shape index (κ1) is 38.7. The summed E-state index contributed by atoms with van der Waals surface area (Å²) in [4.78, 5) is 20.6. The van der Waals surface area contributed by atoms with Gasteiger partial charge in [-0.1, -0.05) is 61.5 Å². The number of benzene rings is 1. The maximum absolute atomic E-state index is 13.2. The van der Waals surface area contributed by atoms with E-state index in [0.29, 0.717) is 24.2 Å². The fourth-order valence-corrected chi connectivity index (χ4v) is 6.46. The lowest BCUT2D eigenvalue weighted by Crippen LogP contribution is -2.27. The van der Waals surface area contributed by atoms with Gasteiger partial charge in [0, 0.05) is 36.2 Å². The van der Waals surface area contributed by atoms with Gasteiger partial charge in [-0.15, -0.1) is 12.3 Å². The SMILES string of the molecule is C#CC.CC.CC.CC/C1=C(\CC)c2cc(cc(C)n2)C(=O)CCC/C=C2/Nc3ccc(C(C)C)cc3N2CC2CCC(CO1)C2. The monoisotopic (exact) mass is 627 g/mol. The van der Waals surface area contributed by atoms with Crippen molar-refractivity contribution in [3.63, 3.8) is 0 Å². The number of anilines is 2. The third-order valence-corrected chi connectivity index (χ3v) is 8.66. The molecule has 3 heterocycles. The molecule has 0 radical (unpaired) electrons. The van der Waals surface area contributed by atoms with E-state index in [0.717, 1.165) is 67.1 Å². The van der Waals surface area contributed by atoms with Crippen LogP contribution in [-0.4, -0.2) is 23.9 Å². The van der Waals surface area contributed by atoms with Gasteiger partial charge in [0.1, 0.15) is 11.6 Å². The molecular formula is C41H61N3O2. The molecule has 1 aromatic heterocycles. The number of ketones is 1. The standard InChI is InChI=1S/C34H45N3O2.C3H4.2C2H6/c1-6-28-30-18-27(16-23(5)35-30)32(38)10-8-9-11-34-36-29-15-14-26(22(3)4)19-31(29)37(34)20-24-12-13-25(17-24)21-39-33(28)7-2;1-3-2;2*1-2/h11,14-16,18-19,22,24-25,36H,6-10,12-13,17,20-21H2,1-5H3;1H,2H3;2*1-2H3/b33-28-,34-11-;;;. The van der Waals surface area contributed by atoms with Crippen molar-refractivity contribution in [1.29, 1.82) is 0 Å². The number of terminal acetylenes is 1. The zero-order chi connectivity index (χ0) is 34.2. The van der Waals surface area contributed by atoms with Crippen LogP contribution in [0, 0.1) is 31.1 Å². The van der Waals surface area contributed by atoms with E-state index >= 15 is 0 Å². The summed E-state index contributed by atoms with van der Waals surface area (Å²) in [7, 11) is 0. The Labute approximate surface area is 281 Å². The Bertz CT molecular complexity index is 1360. The molecule has 1 aromatic carbocycles. The number of rotatable bonds is 3. The number of aryl methyl sites for hydroxylation is 1. The molecule has 252 valence electrons. The normalized spacial score (nSPS) is 21.8. The summed E-state index contributed by atoms with van der Waals surface area (Å²) in [5.41, 5.74) is 7.54. The topological polar surface area (TPSA) is 54.5 Å². The maximum atomic E-state index is 13.2. The van der Waals surface area contributed by atoms with Crippen molar-refractivity contribution >= 4 is 22.7 Å². The van der Waals surface area contributed by atoms with Crippen LogP contribution in [0.5, 0.6) is 0 Å². The van der Waals surface area contributed by atoms with Crippen LogP contribution in [0.2, 0.25) is 0 Å². The summed E-state index contributed by atoms with van der Waals surface area (Å²) < 4.78 is 6.54. The Kier molecular flexibility index (Phi) is 16.7. The Balaban J connectivity index is 0.000000977. The lowest BCUT2D eigenvalue weighted by atomic mass is 9.99. The molecule has 2 unspecified atom stereocenters. The summed E-state index contributed by atoms with van der Waals surface area (Å²) in [6.07, 6.45) is 14.4. The molecule has 2 atom stereocenters. The van der Waals surface area contributed by atoms with Gasteiger partial charge in [0.2, 0.25) is 0 Å². The van der Waals surface area contributed by atoms with E-state index in [1.54, 1.807) is 6.92 Å². The van der Waals surface area contributed by atoms with Crippen molar-refractivity contribution < 1.29 is 9.53 Å². The number of hydrogen-bond acceptors (Lipinski definition) is 5. The summed E-state index contributed by atoms with van der Waals surface area (Å²) >= 11 is 0. The van der Waals surface area contributed by atoms with Crippen molar-refractivity contribution in [2.24, 2.45) is 11.8 Å². The van der Waals surface area contributed by atoms with Gasteiger partial charge >= 0.3 is 0 Å². The fourth-order valence-electron chi connectivity index (χ4n) is 6.46. The Morgan fingerprint density at radius 3 is 2.41 bits per heavy atom. The number of carbonyl (C=O) groups is 1. The van der Waals surface area contributed by atoms with Gasteiger partial charge in [-0.25, -0.2) is 0 Å². The van der Waals surface area contributed by atoms with E-state index in [1.807, 2.05) is 46.8 Å². The smallest absolute Gasteiger partial charge is 0.163 e. The summed E-state index contributed by atoms with van der Waals surface area (Å²) in [5, 5.41) is 3.69. The molecule has 2 aliphatic heterocycles. The molecule has 0 amide bonds. The second-order valence-corrected chi connectivity index (χ2v) is 12.2. The van der Waals surface area contributed by atoms with Crippen LogP contribution in [0.1, 0.15) is 147 Å². The highest BCUT2D eigenvalue weighted by molar-refractivity contribution is 5.96. The van der Waals surface area contributed by atoms with E-state index in [9.17, 15) is 4.79 Å². The minimum Gasteiger partial charge on any atom is -0.497 e. The molecule has 5 rings (SSSR count). The van der Waals surface area contributed by atoms with E-state index < -0.39 is 0 Å². The van der Waals surface area contributed by atoms with E-state index in [2.05, 4.69) is 74.5 Å². The summed E-state index contributed by atoms with van der Waals surface area (Å²) in [6, 6.07) is 10.8. The summed E-state index contributed by atoms with van der Waals surface area (Å²) in [6.45, 7) is 22.3. The predicted molar refractivity (Wildman–Crippen MR) is 198 cm³/mol. The lowest BCUT2D eigenvalue weighted by Gasteiger charge is -2.25. The van der Waals surface area contributed by atoms with Gasteiger partial charge in [-0.05, 0) is 106 Å². The second-order valence-electron chi connectivity index (χ2n) is 12.2. The van der Waals surface area contributed by atoms with Crippen molar-refractivity contribution in [1.82, 2.24) is 4.98 Å². The number of aromatic nitrogens is 1. The molecule has 46 heavy (non-hydrogen) atoms. The quantitative estimate of drug-likeness (QED) is 0.343. The first-order valence-corrected chi connectivity index (χ1v) is 17.9. The Hall–Kier alpha value is -3.52. The zero-order valence-electron chi connectivity index (χ0n) is 30.6. The molecular weight excluding hydrogens is 566 g/mol.